The zero-order valence-corrected chi connectivity index (χ0v) is 23.6. The maximum absolute atomic E-state index is 12.6. The van der Waals surface area contributed by atoms with Crippen molar-refractivity contribution in [1.29, 1.82) is 0 Å². The van der Waals surface area contributed by atoms with Crippen LogP contribution in [0.4, 0.5) is 9.59 Å². The zero-order chi connectivity index (χ0) is 29.3. The highest BCUT2D eigenvalue weighted by Gasteiger charge is 2.20. The number of rotatable bonds is 10. The predicted molar refractivity (Wildman–Crippen MR) is 155 cm³/mol. The lowest BCUT2D eigenvalue weighted by Crippen LogP contribution is -2.41. The number of aliphatic hydroxyl groups excluding tert-OH is 1. The van der Waals surface area contributed by atoms with Crippen LogP contribution in [0.15, 0.2) is 60.7 Å². The summed E-state index contributed by atoms with van der Waals surface area (Å²) < 4.78 is 10.4. The topological polar surface area (TPSA) is 108 Å². The largest absolute Gasteiger partial charge is 0.465 e. The monoisotopic (exact) mass is 542 g/mol. The Morgan fingerprint density at radius 2 is 1.51 bits per heavy atom. The third-order valence-corrected chi connectivity index (χ3v) is 5.28. The van der Waals surface area contributed by atoms with Crippen molar-refractivity contribution in [2.45, 2.75) is 59.1 Å². The number of ether oxygens (including phenoxy) is 2. The van der Waals surface area contributed by atoms with Crippen molar-refractivity contribution < 1.29 is 29.3 Å². The molecule has 8 heteroatoms. The first-order chi connectivity index (χ1) is 18.8. The molecule has 2 aromatic rings. The van der Waals surface area contributed by atoms with E-state index in [1.807, 2.05) is 74.5 Å². The van der Waals surface area contributed by atoms with Gasteiger partial charge in [-0.2, -0.15) is 0 Å². The molecule has 1 heterocycles. The molecule has 216 valence electrons. The average molecular weight is 543 g/mol. The Balaban J connectivity index is 0.00000123. The fourth-order valence-corrected chi connectivity index (χ4v) is 3.63. The first-order valence-corrected chi connectivity index (χ1v) is 13.4. The quantitative estimate of drug-likeness (QED) is 0.338. The summed E-state index contributed by atoms with van der Waals surface area (Å²) in [4.78, 5) is 25.5. The van der Waals surface area contributed by atoms with Gasteiger partial charge in [-0.3, -0.25) is 0 Å². The van der Waals surface area contributed by atoms with Crippen LogP contribution in [0.1, 0.15) is 51.2 Å². The molecule has 1 saturated heterocycles. The molecule has 1 aliphatic heterocycles. The highest BCUT2D eigenvalue weighted by atomic mass is 16.6. The number of nitrogens with one attached hydrogen (secondary N) is 1. The molecule has 3 N–H and O–H groups in total. The molecule has 3 rings (SSSR count). The summed E-state index contributed by atoms with van der Waals surface area (Å²) in [5.74, 6) is 0.277. The Kier molecular flexibility index (Phi) is 21.4. The van der Waals surface area contributed by atoms with Crippen molar-refractivity contribution in [3.63, 3.8) is 0 Å². The van der Waals surface area contributed by atoms with Gasteiger partial charge in [0.15, 0.2) is 0 Å². The fraction of sp³-hybridized carbons (Fsp3) is 0.484. The maximum atomic E-state index is 12.6. The SMILES string of the molecule is C#C.C1CCOC1.CC(C)CN(CC[C@H](Cc1ccccc1)NC(=O)O)C(=O)OCc1ccccc1.CCO. The van der Waals surface area contributed by atoms with E-state index in [9.17, 15) is 14.7 Å². The second-order valence-corrected chi connectivity index (χ2v) is 9.14. The van der Waals surface area contributed by atoms with Crippen LogP contribution in [0.5, 0.6) is 0 Å². The molecule has 0 aromatic heterocycles. The van der Waals surface area contributed by atoms with E-state index < -0.39 is 6.09 Å². The molecular formula is C31H46N2O6. The number of hydrogen-bond donors (Lipinski definition) is 3. The summed E-state index contributed by atoms with van der Waals surface area (Å²) in [5, 5.41) is 19.3. The van der Waals surface area contributed by atoms with E-state index in [0.717, 1.165) is 24.3 Å². The van der Waals surface area contributed by atoms with Gasteiger partial charge >= 0.3 is 12.2 Å². The molecule has 2 aromatic carbocycles. The van der Waals surface area contributed by atoms with Crippen LogP contribution in [-0.2, 0) is 22.5 Å². The third-order valence-electron chi connectivity index (χ3n) is 5.28. The molecule has 0 saturated carbocycles. The van der Waals surface area contributed by atoms with Gasteiger partial charge in [0.05, 0.1) is 0 Å². The Bertz CT molecular complexity index is 878. The minimum Gasteiger partial charge on any atom is -0.465 e. The van der Waals surface area contributed by atoms with Crippen LogP contribution in [0.3, 0.4) is 0 Å². The molecule has 0 radical (unpaired) electrons. The number of carboxylic acid groups (broad SMARTS) is 1. The standard InChI is InChI=1S/C23H30N2O4.C4H8O.C2H6O.C2H2/c1-18(2)16-25(23(28)29-17-20-11-7-4-8-12-20)14-13-21(24-22(26)27)15-19-9-5-3-6-10-19;1-2-4-5-3-1;1-2-3;1-2/h3-12,18,21,24H,13-17H2,1-2H3,(H,26,27);1-4H2;3H,2H2,1H3;1-2H/t21-;;;/m1.../s1. The van der Waals surface area contributed by atoms with E-state index in [-0.39, 0.29) is 31.3 Å². The normalized spacial score (nSPS) is 12.3. The molecule has 0 bridgehead atoms. The summed E-state index contributed by atoms with van der Waals surface area (Å²) in [6.07, 6.45) is 10.2. The van der Waals surface area contributed by atoms with Crippen molar-refractivity contribution in [2.75, 3.05) is 32.9 Å². The minimum absolute atomic E-state index is 0.217. The lowest BCUT2D eigenvalue weighted by atomic mass is 10.0. The molecular weight excluding hydrogens is 496 g/mol. The van der Waals surface area contributed by atoms with Crippen molar-refractivity contribution in [2.24, 2.45) is 5.92 Å². The zero-order valence-electron chi connectivity index (χ0n) is 23.6. The van der Waals surface area contributed by atoms with Crippen LogP contribution >= 0.6 is 0 Å². The number of nitrogens with zero attached hydrogens (tertiary/aromatic N) is 1. The van der Waals surface area contributed by atoms with Gasteiger partial charge in [0.1, 0.15) is 6.61 Å². The van der Waals surface area contributed by atoms with E-state index in [2.05, 4.69) is 18.2 Å². The van der Waals surface area contributed by atoms with Crippen LogP contribution in [0.25, 0.3) is 0 Å². The van der Waals surface area contributed by atoms with Crippen molar-refractivity contribution in [3.05, 3.63) is 71.8 Å². The van der Waals surface area contributed by atoms with Crippen molar-refractivity contribution >= 4 is 12.2 Å². The number of carbonyl (C=O) groups is 2. The number of benzene rings is 2. The van der Waals surface area contributed by atoms with Crippen LogP contribution in [-0.4, -0.2) is 66.3 Å². The smallest absolute Gasteiger partial charge is 0.410 e. The van der Waals surface area contributed by atoms with Crippen LogP contribution < -0.4 is 5.32 Å². The highest BCUT2D eigenvalue weighted by molar-refractivity contribution is 5.67. The Hall–Kier alpha value is -3.54. The summed E-state index contributed by atoms with van der Waals surface area (Å²) in [6.45, 7) is 9.19. The van der Waals surface area contributed by atoms with Crippen LogP contribution in [0.2, 0.25) is 0 Å². The second-order valence-electron chi connectivity index (χ2n) is 9.14. The predicted octanol–water partition coefficient (Wildman–Crippen LogP) is 5.60. The van der Waals surface area contributed by atoms with Gasteiger partial charge in [-0.05, 0) is 49.7 Å². The first kappa shape index (κ1) is 35.5. The third kappa shape index (κ3) is 19.2. The highest BCUT2D eigenvalue weighted by Crippen LogP contribution is 2.11. The average Bonchev–Trinajstić information content (AvgIpc) is 3.52. The van der Waals surface area contributed by atoms with Crippen LogP contribution in [0, 0.1) is 18.8 Å². The van der Waals surface area contributed by atoms with E-state index >= 15 is 0 Å². The summed E-state index contributed by atoms with van der Waals surface area (Å²) in [7, 11) is 0. The van der Waals surface area contributed by atoms with Gasteiger partial charge < -0.3 is 29.9 Å². The van der Waals surface area contributed by atoms with E-state index in [1.54, 1.807) is 11.8 Å². The Morgan fingerprint density at radius 1 is 1.00 bits per heavy atom. The number of carbonyl (C=O) groups excluding carboxylic acids is 1. The maximum Gasteiger partial charge on any atom is 0.410 e. The van der Waals surface area contributed by atoms with Gasteiger partial charge in [-0.1, -0.05) is 74.5 Å². The molecule has 8 nitrogen and oxygen atoms in total. The number of hydrogen-bond acceptors (Lipinski definition) is 5. The van der Waals surface area contributed by atoms with Gasteiger partial charge in [0.2, 0.25) is 0 Å². The molecule has 1 aliphatic rings. The Labute approximate surface area is 234 Å². The summed E-state index contributed by atoms with van der Waals surface area (Å²) in [6, 6.07) is 19.0. The Morgan fingerprint density at radius 3 is 1.95 bits per heavy atom. The molecule has 1 atom stereocenters. The number of amides is 2. The van der Waals surface area contributed by atoms with E-state index in [4.69, 9.17) is 14.6 Å². The molecule has 1 fully saturated rings. The summed E-state index contributed by atoms with van der Waals surface area (Å²) >= 11 is 0. The molecule has 0 aliphatic carbocycles. The second kappa shape index (κ2) is 23.6. The lowest BCUT2D eigenvalue weighted by molar-refractivity contribution is 0.0903. The molecule has 0 spiro atoms. The van der Waals surface area contributed by atoms with Gasteiger partial charge in [-0.15, -0.1) is 12.8 Å². The molecule has 0 unspecified atom stereocenters. The fourth-order valence-electron chi connectivity index (χ4n) is 3.63. The van der Waals surface area contributed by atoms with Gasteiger partial charge in [-0.25, -0.2) is 9.59 Å². The number of terminal acetylenes is 1. The number of aliphatic hydroxyl groups is 1. The molecule has 2 amide bonds. The first-order valence-electron chi connectivity index (χ1n) is 13.4. The lowest BCUT2D eigenvalue weighted by Gasteiger charge is -2.26. The van der Waals surface area contributed by atoms with Crippen molar-refractivity contribution in [1.82, 2.24) is 10.2 Å². The van der Waals surface area contributed by atoms with Gasteiger partial charge in [0.25, 0.3) is 0 Å². The van der Waals surface area contributed by atoms with E-state index in [1.165, 1.54) is 12.8 Å². The molecule has 39 heavy (non-hydrogen) atoms. The minimum atomic E-state index is -1.06. The van der Waals surface area contributed by atoms with Gasteiger partial charge in [0, 0.05) is 39.0 Å². The summed E-state index contributed by atoms with van der Waals surface area (Å²) in [5.41, 5.74) is 1.98. The van der Waals surface area contributed by atoms with E-state index in [0.29, 0.717) is 25.9 Å². The van der Waals surface area contributed by atoms with Crippen molar-refractivity contribution in [3.8, 4) is 12.8 Å².